The lowest BCUT2D eigenvalue weighted by molar-refractivity contribution is -0.0816. The van der Waals surface area contributed by atoms with Gasteiger partial charge >= 0.3 is 0 Å². The van der Waals surface area contributed by atoms with E-state index in [4.69, 9.17) is 15.2 Å². The topological polar surface area (TPSA) is 70.3 Å². The van der Waals surface area contributed by atoms with Crippen LogP contribution in [0, 0.1) is 6.92 Å². The molecule has 0 atom stereocenters. The van der Waals surface area contributed by atoms with E-state index in [1.165, 1.54) is 0 Å². The van der Waals surface area contributed by atoms with Crippen molar-refractivity contribution in [3.05, 3.63) is 11.4 Å². The Kier molecular flexibility index (Phi) is 2.21. The van der Waals surface area contributed by atoms with Crippen molar-refractivity contribution < 1.29 is 9.47 Å². The van der Waals surface area contributed by atoms with Crippen LogP contribution in [0.2, 0.25) is 0 Å². The zero-order valence-electron chi connectivity index (χ0n) is 9.27. The molecule has 0 aromatic carbocycles. The van der Waals surface area contributed by atoms with E-state index in [1.54, 1.807) is 0 Å². The summed E-state index contributed by atoms with van der Waals surface area (Å²) in [7, 11) is 0. The van der Waals surface area contributed by atoms with Crippen molar-refractivity contribution in [2.24, 2.45) is 0 Å². The smallest absolute Gasteiger partial charge is 0.222 e. The Labute approximate surface area is 94.0 Å². The summed E-state index contributed by atoms with van der Waals surface area (Å²) >= 11 is 0. The first-order chi connectivity index (χ1) is 7.74. The molecule has 2 aliphatic rings. The normalized spacial score (nSPS) is 20.6. The first-order valence-electron chi connectivity index (χ1n) is 5.62. The van der Waals surface area contributed by atoms with Crippen molar-refractivity contribution in [1.29, 1.82) is 0 Å². The highest BCUT2D eigenvalue weighted by molar-refractivity contribution is 5.45. The molecule has 86 valence electrons. The highest BCUT2D eigenvalue weighted by Gasteiger charge is 2.29. The number of hydrogen-bond acceptors (Lipinski definition) is 5. The zero-order valence-corrected chi connectivity index (χ0v) is 9.27. The monoisotopic (exact) mass is 221 g/mol. The van der Waals surface area contributed by atoms with Crippen LogP contribution >= 0.6 is 0 Å². The standard InChI is InChI=1S/C11H15N3O2/c1-6-9(12)13-10(7-2-3-7)14-11(6)16-8-4-15-5-8/h7-8H,2-5H2,1H3,(H2,12,13,14). The first kappa shape index (κ1) is 9.84. The van der Waals surface area contributed by atoms with E-state index in [9.17, 15) is 0 Å². The molecule has 3 rings (SSSR count). The summed E-state index contributed by atoms with van der Waals surface area (Å²) in [6.07, 6.45) is 2.45. The van der Waals surface area contributed by atoms with Gasteiger partial charge in [0.05, 0.1) is 18.8 Å². The van der Waals surface area contributed by atoms with Crippen LogP contribution in [0.25, 0.3) is 0 Å². The second-order valence-electron chi connectivity index (χ2n) is 4.45. The Morgan fingerprint density at radius 1 is 1.31 bits per heavy atom. The van der Waals surface area contributed by atoms with Crippen molar-refractivity contribution in [2.75, 3.05) is 18.9 Å². The molecule has 5 nitrogen and oxygen atoms in total. The van der Waals surface area contributed by atoms with E-state index >= 15 is 0 Å². The molecule has 1 saturated heterocycles. The van der Waals surface area contributed by atoms with Crippen LogP contribution in [0.1, 0.15) is 30.1 Å². The van der Waals surface area contributed by atoms with Crippen molar-refractivity contribution in [3.63, 3.8) is 0 Å². The van der Waals surface area contributed by atoms with Crippen LogP contribution in [0.5, 0.6) is 5.88 Å². The lowest BCUT2D eigenvalue weighted by Gasteiger charge is -2.27. The van der Waals surface area contributed by atoms with E-state index < -0.39 is 0 Å². The average molecular weight is 221 g/mol. The molecule has 2 heterocycles. The number of hydrogen-bond donors (Lipinski definition) is 1. The van der Waals surface area contributed by atoms with Gasteiger partial charge < -0.3 is 15.2 Å². The number of rotatable bonds is 3. The number of nitrogens with zero attached hydrogens (tertiary/aromatic N) is 2. The third-order valence-corrected chi connectivity index (χ3v) is 2.98. The highest BCUT2D eigenvalue weighted by Crippen LogP contribution is 2.39. The van der Waals surface area contributed by atoms with Gasteiger partial charge in [0.15, 0.2) is 0 Å². The SMILES string of the molecule is Cc1c(N)nc(C2CC2)nc1OC1COC1. The maximum atomic E-state index is 5.86. The second kappa shape index (κ2) is 3.59. The molecule has 0 spiro atoms. The molecule has 1 aromatic heterocycles. The summed E-state index contributed by atoms with van der Waals surface area (Å²) in [5.74, 6) is 2.48. The van der Waals surface area contributed by atoms with E-state index in [0.717, 1.165) is 24.2 Å². The van der Waals surface area contributed by atoms with E-state index in [-0.39, 0.29) is 6.10 Å². The Morgan fingerprint density at radius 2 is 2.06 bits per heavy atom. The van der Waals surface area contributed by atoms with Gasteiger partial charge in [-0.2, -0.15) is 4.98 Å². The predicted octanol–water partition coefficient (Wildman–Crippen LogP) is 1.02. The molecule has 2 N–H and O–H groups in total. The third kappa shape index (κ3) is 1.71. The van der Waals surface area contributed by atoms with Gasteiger partial charge in [-0.25, -0.2) is 4.98 Å². The molecule has 0 unspecified atom stereocenters. The molecule has 0 amide bonds. The Balaban J connectivity index is 1.87. The van der Waals surface area contributed by atoms with Crippen LogP contribution in [0.4, 0.5) is 5.82 Å². The summed E-state index contributed by atoms with van der Waals surface area (Å²) in [5, 5.41) is 0. The minimum atomic E-state index is 0.125. The number of anilines is 1. The minimum Gasteiger partial charge on any atom is -0.469 e. The number of nitrogens with two attached hydrogens (primary N) is 1. The maximum Gasteiger partial charge on any atom is 0.222 e. The minimum absolute atomic E-state index is 0.125. The third-order valence-electron chi connectivity index (χ3n) is 2.98. The van der Waals surface area contributed by atoms with Gasteiger partial charge in [0.1, 0.15) is 17.7 Å². The molecule has 1 aromatic rings. The zero-order chi connectivity index (χ0) is 11.1. The fourth-order valence-electron chi connectivity index (χ4n) is 1.61. The van der Waals surface area contributed by atoms with E-state index in [1.807, 2.05) is 6.92 Å². The van der Waals surface area contributed by atoms with Crippen LogP contribution in [0.15, 0.2) is 0 Å². The van der Waals surface area contributed by atoms with Gasteiger partial charge in [-0.3, -0.25) is 0 Å². The summed E-state index contributed by atoms with van der Waals surface area (Å²) in [6.45, 7) is 3.17. The fraction of sp³-hybridized carbons (Fsp3) is 0.636. The van der Waals surface area contributed by atoms with Crippen molar-refractivity contribution >= 4 is 5.82 Å². The Bertz CT molecular complexity index is 414. The molecule has 0 radical (unpaired) electrons. The number of nitrogen functional groups attached to an aromatic ring is 1. The Hall–Kier alpha value is -1.36. The van der Waals surface area contributed by atoms with Crippen molar-refractivity contribution in [2.45, 2.75) is 31.8 Å². The maximum absolute atomic E-state index is 5.86. The van der Waals surface area contributed by atoms with Crippen LogP contribution in [-0.4, -0.2) is 29.3 Å². The Morgan fingerprint density at radius 3 is 2.62 bits per heavy atom. The van der Waals surface area contributed by atoms with Gasteiger partial charge in [0.2, 0.25) is 5.88 Å². The van der Waals surface area contributed by atoms with Crippen LogP contribution in [0.3, 0.4) is 0 Å². The van der Waals surface area contributed by atoms with Crippen molar-refractivity contribution in [1.82, 2.24) is 9.97 Å². The van der Waals surface area contributed by atoms with Gasteiger partial charge in [-0.05, 0) is 19.8 Å². The largest absolute Gasteiger partial charge is 0.469 e. The lowest BCUT2D eigenvalue weighted by atomic mass is 10.3. The van der Waals surface area contributed by atoms with Crippen molar-refractivity contribution in [3.8, 4) is 5.88 Å². The quantitative estimate of drug-likeness (QED) is 0.825. The van der Waals surface area contributed by atoms with Gasteiger partial charge in [-0.15, -0.1) is 0 Å². The summed E-state index contributed by atoms with van der Waals surface area (Å²) < 4.78 is 10.8. The van der Waals surface area contributed by atoms with Crippen LogP contribution in [-0.2, 0) is 4.74 Å². The molecule has 0 bridgehead atoms. The molecule has 1 aliphatic carbocycles. The lowest BCUT2D eigenvalue weighted by Crippen LogP contribution is -2.39. The molecular formula is C11H15N3O2. The summed E-state index contributed by atoms with van der Waals surface area (Å²) in [6, 6.07) is 0. The van der Waals surface area contributed by atoms with E-state index in [2.05, 4.69) is 9.97 Å². The number of aromatic nitrogens is 2. The van der Waals surface area contributed by atoms with Gasteiger partial charge in [0, 0.05) is 5.92 Å². The molecule has 16 heavy (non-hydrogen) atoms. The summed E-state index contributed by atoms with van der Waals surface area (Å²) in [5.41, 5.74) is 6.69. The summed E-state index contributed by atoms with van der Waals surface area (Å²) in [4.78, 5) is 8.75. The predicted molar refractivity (Wildman–Crippen MR) is 58.4 cm³/mol. The van der Waals surface area contributed by atoms with Gasteiger partial charge in [0.25, 0.3) is 0 Å². The van der Waals surface area contributed by atoms with Gasteiger partial charge in [-0.1, -0.05) is 0 Å². The molecule has 5 heteroatoms. The molecular weight excluding hydrogens is 206 g/mol. The highest BCUT2D eigenvalue weighted by atomic mass is 16.6. The molecule has 1 aliphatic heterocycles. The second-order valence-corrected chi connectivity index (χ2v) is 4.45. The first-order valence-corrected chi connectivity index (χ1v) is 5.62. The average Bonchev–Trinajstić information content (AvgIpc) is 3.00. The molecule has 2 fully saturated rings. The molecule has 1 saturated carbocycles. The number of ether oxygens (including phenoxy) is 2. The fourth-order valence-corrected chi connectivity index (χ4v) is 1.61. The van der Waals surface area contributed by atoms with E-state index in [0.29, 0.717) is 30.8 Å². The van der Waals surface area contributed by atoms with Crippen LogP contribution < -0.4 is 10.5 Å².